The van der Waals surface area contributed by atoms with Crippen molar-refractivity contribution in [1.82, 2.24) is 9.80 Å². The van der Waals surface area contributed by atoms with Crippen molar-refractivity contribution in [3.63, 3.8) is 0 Å². The van der Waals surface area contributed by atoms with Gasteiger partial charge in [0, 0.05) is 37.8 Å². The maximum atomic E-state index is 12.8. The van der Waals surface area contributed by atoms with Crippen LogP contribution in [0.2, 0.25) is 0 Å². The predicted molar refractivity (Wildman–Crippen MR) is 114 cm³/mol. The lowest BCUT2D eigenvalue weighted by atomic mass is 10.0. The molecule has 0 atom stereocenters. The number of amides is 1. The van der Waals surface area contributed by atoms with Crippen molar-refractivity contribution in [2.75, 3.05) is 46.0 Å². The number of ether oxygens (including phenoxy) is 2. The van der Waals surface area contributed by atoms with Crippen LogP contribution < -0.4 is 10.4 Å². The summed E-state index contributed by atoms with van der Waals surface area (Å²) in [6, 6.07) is 4.26. The summed E-state index contributed by atoms with van der Waals surface area (Å²) in [5.74, 6) is 0.586. The van der Waals surface area contributed by atoms with Crippen molar-refractivity contribution >= 4 is 16.9 Å². The van der Waals surface area contributed by atoms with Gasteiger partial charge in [0.2, 0.25) is 0 Å². The maximum absolute atomic E-state index is 12.8. The highest BCUT2D eigenvalue weighted by atomic mass is 16.5. The first-order valence-electron chi connectivity index (χ1n) is 10.7. The first kappa shape index (κ1) is 20.9. The van der Waals surface area contributed by atoms with E-state index in [1.165, 1.54) is 0 Å². The molecule has 1 aromatic heterocycles. The molecule has 2 aliphatic rings. The van der Waals surface area contributed by atoms with E-state index in [0.717, 1.165) is 68.7 Å². The summed E-state index contributed by atoms with van der Waals surface area (Å²) < 4.78 is 16.8. The van der Waals surface area contributed by atoms with E-state index < -0.39 is 0 Å². The van der Waals surface area contributed by atoms with E-state index in [4.69, 9.17) is 13.9 Å². The highest BCUT2D eigenvalue weighted by molar-refractivity contribution is 5.88. The number of fused-ring (bicyclic) bond motifs is 1. The third kappa shape index (κ3) is 4.23. The number of nitrogens with zero attached hydrogens (tertiary/aromatic N) is 2. The molecule has 0 saturated carbocycles. The Morgan fingerprint density at radius 3 is 2.47 bits per heavy atom. The van der Waals surface area contributed by atoms with Crippen LogP contribution in [0.25, 0.3) is 11.0 Å². The molecule has 2 aromatic rings. The van der Waals surface area contributed by atoms with Gasteiger partial charge in [-0.2, -0.15) is 0 Å². The summed E-state index contributed by atoms with van der Waals surface area (Å²) >= 11 is 0. The maximum Gasteiger partial charge on any atom is 0.339 e. The SMILES string of the molecule is Cc1cc(OCC(=O)N2CCC(N3CCOCC3)CC2)c2c(C)c(C)c(=O)oc2c1. The molecule has 0 aliphatic carbocycles. The summed E-state index contributed by atoms with van der Waals surface area (Å²) in [6.07, 6.45) is 1.98. The van der Waals surface area contributed by atoms with Gasteiger partial charge < -0.3 is 18.8 Å². The van der Waals surface area contributed by atoms with Crippen molar-refractivity contribution in [3.05, 3.63) is 39.2 Å². The molecule has 3 heterocycles. The zero-order valence-corrected chi connectivity index (χ0v) is 18.0. The first-order valence-corrected chi connectivity index (χ1v) is 10.7. The number of piperidine rings is 1. The number of hydrogen-bond donors (Lipinski definition) is 0. The number of benzene rings is 1. The molecule has 0 radical (unpaired) electrons. The number of carbonyl (C=O) groups is 1. The zero-order chi connectivity index (χ0) is 21.3. The number of morpholine rings is 1. The summed E-state index contributed by atoms with van der Waals surface area (Å²) in [4.78, 5) is 29.2. The van der Waals surface area contributed by atoms with Crippen LogP contribution >= 0.6 is 0 Å². The average Bonchev–Trinajstić information content (AvgIpc) is 2.76. The molecule has 2 fully saturated rings. The molecular formula is C23H30N2O5. The summed E-state index contributed by atoms with van der Waals surface area (Å²) in [7, 11) is 0. The lowest BCUT2D eigenvalue weighted by Crippen LogP contribution is -2.50. The van der Waals surface area contributed by atoms with Crippen molar-refractivity contribution in [2.45, 2.75) is 39.7 Å². The molecule has 7 nitrogen and oxygen atoms in total. The molecule has 2 saturated heterocycles. The third-order valence-corrected chi connectivity index (χ3v) is 6.39. The Kier molecular flexibility index (Phi) is 6.11. The predicted octanol–water partition coefficient (Wildman–Crippen LogP) is 2.42. The third-order valence-electron chi connectivity index (χ3n) is 6.39. The van der Waals surface area contributed by atoms with Crippen LogP contribution in [0.15, 0.2) is 21.3 Å². The standard InChI is InChI=1S/C23H30N2O5/c1-15-12-19(22-16(2)17(3)23(27)30-20(22)13-15)29-14-21(26)25-6-4-18(5-7-25)24-8-10-28-11-9-24/h12-13,18H,4-11,14H2,1-3H3. The van der Waals surface area contributed by atoms with E-state index >= 15 is 0 Å². The molecule has 2 aliphatic heterocycles. The molecule has 162 valence electrons. The highest BCUT2D eigenvalue weighted by Gasteiger charge is 2.28. The Morgan fingerprint density at radius 1 is 1.07 bits per heavy atom. The lowest BCUT2D eigenvalue weighted by Gasteiger charge is -2.40. The van der Waals surface area contributed by atoms with Crippen LogP contribution in [0.4, 0.5) is 0 Å². The van der Waals surface area contributed by atoms with Gasteiger partial charge in [-0.15, -0.1) is 0 Å². The Hall–Kier alpha value is -2.38. The van der Waals surface area contributed by atoms with Crippen molar-refractivity contribution in [1.29, 1.82) is 0 Å². The van der Waals surface area contributed by atoms with Gasteiger partial charge in [-0.25, -0.2) is 4.79 Å². The fraction of sp³-hybridized carbons (Fsp3) is 0.565. The second-order valence-electron chi connectivity index (χ2n) is 8.32. The lowest BCUT2D eigenvalue weighted by molar-refractivity contribution is -0.135. The molecule has 0 bridgehead atoms. The summed E-state index contributed by atoms with van der Waals surface area (Å²) in [5.41, 5.74) is 2.47. The van der Waals surface area contributed by atoms with Gasteiger partial charge in [0.15, 0.2) is 6.61 Å². The van der Waals surface area contributed by atoms with Crippen LogP contribution in [-0.4, -0.2) is 67.7 Å². The fourth-order valence-electron chi connectivity index (χ4n) is 4.46. The van der Waals surface area contributed by atoms with Gasteiger partial charge in [0.05, 0.1) is 18.6 Å². The smallest absolute Gasteiger partial charge is 0.339 e. The van der Waals surface area contributed by atoms with Crippen LogP contribution in [0.3, 0.4) is 0 Å². The van der Waals surface area contributed by atoms with Crippen LogP contribution in [-0.2, 0) is 9.53 Å². The number of rotatable bonds is 4. The first-order chi connectivity index (χ1) is 14.4. The molecule has 0 N–H and O–H groups in total. The zero-order valence-electron chi connectivity index (χ0n) is 18.0. The van der Waals surface area contributed by atoms with Gasteiger partial charge in [-0.3, -0.25) is 9.69 Å². The summed E-state index contributed by atoms with van der Waals surface area (Å²) in [6.45, 7) is 10.6. The molecule has 0 unspecified atom stereocenters. The molecule has 0 spiro atoms. The van der Waals surface area contributed by atoms with E-state index in [9.17, 15) is 9.59 Å². The van der Waals surface area contributed by atoms with Gasteiger partial charge in [0.1, 0.15) is 11.3 Å². The fourth-order valence-corrected chi connectivity index (χ4v) is 4.46. The highest BCUT2D eigenvalue weighted by Crippen LogP contribution is 2.31. The van der Waals surface area contributed by atoms with Gasteiger partial charge in [0.25, 0.3) is 5.91 Å². The average molecular weight is 415 g/mol. The number of likely N-dealkylation sites (tertiary alicyclic amines) is 1. The largest absolute Gasteiger partial charge is 0.483 e. The van der Waals surface area contributed by atoms with Crippen LogP contribution in [0, 0.1) is 20.8 Å². The Morgan fingerprint density at radius 2 is 1.77 bits per heavy atom. The molecule has 1 amide bonds. The molecule has 4 rings (SSSR count). The minimum Gasteiger partial charge on any atom is -0.483 e. The van der Waals surface area contributed by atoms with E-state index in [-0.39, 0.29) is 18.1 Å². The van der Waals surface area contributed by atoms with Gasteiger partial charge in [-0.05, 0) is 56.9 Å². The topological polar surface area (TPSA) is 72.2 Å². The van der Waals surface area contributed by atoms with Crippen LogP contribution in [0.1, 0.15) is 29.5 Å². The molecule has 1 aromatic carbocycles. The molecule has 7 heteroatoms. The number of aryl methyl sites for hydroxylation is 2. The van der Waals surface area contributed by atoms with Crippen molar-refractivity contribution in [2.24, 2.45) is 0 Å². The van der Waals surface area contributed by atoms with E-state index in [1.54, 1.807) is 6.92 Å². The minimum atomic E-state index is -0.337. The van der Waals surface area contributed by atoms with E-state index in [1.807, 2.05) is 30.9 Å². The molecule has 30 heavy (non-hydrogen) atoms. The quantitative estimate of drug-likeness (QED) is 0.716. The Labute approximate surface area is 176 Å². The van der Waals surface area contributed by atoms with E-state index in [2.05, 4.69) is 4.90 Å². The Bertz CT molecular complexity index is 985. The van der Waals surface area contributed by atoms with Crippen molar-refractivity contribution < 1.29 is 18.7 Å². The second-order valence-corrected chi connectivity index (χ2v) is 8.32. The normalized spacial score (nSPS) is 18.7. The molecular weight excluding hydrogens is 384 g/mol. The van der Waals surface area contributed by atoms with Gasteiger partial charge >= 0.3 is 5.63 Å². The minimum absolute atomic E-state index is 0.00292. The number of hydrogen-bond acceptors (Lipinski definition) is 6. The van der Waals surface area contributed by atoms with E-state index in [0.29, 0.717) is 22.9 Å². The second kappa shape index (κ2) is 8.78. The number of carbonyl (C=O) groups excluding carboxylic acids is 1. The van der Waals surface area contributed by atoms with Crippen molar-refractivity contribution in [3.8, 4) is 5.75 Å². The monoisotopic (exact) mass is 414 g/mol. The Balaban J connectivity index is 1.41. The summed E-state index contributed by atoms with van der Waals surface area (Å²) in [5, 5.41) is 0.761. The van der Waals surface area contributed by atoms with Crippen LogP contribution in [0.5, 0.6) is 5.75 Å². The van der Waals surface area contributed by atoms with Gasteiger partial charge in [-0.1, -0.05) is 0 Å².